The molecule has 0 aliphatic carbocycles. The number of piperazine rings is 1. The van der Waals surface area contributed by atoms with Gasteiger partial charge in [-0.15, -0.1) is 0 Å². The Kier molecular flexibility index (Phi) is 5.53. The lowest BCUT2D eigenvalue weighted by Crippen LogP contribution is -2.46. The van der Waals surface area contributed by atoms with Gasteiger partial charge in [0.05, 0.1) is 5.69 Å². The van der Waals surface area contributed by atoms with E-state index in [4.69, 9.17) is 9.97 Å². The minimum atomic E-state index is 0.639. The molecular weight excluding hydrogens is 346 g/mol. The molecule has 0 saturated carbocycles. The SMILES string of the molecule is CCN1CCN(c2cc(-c3ccccc3)nc(Nc3cccc(C)c3)n2)CC1. The first-order valence-corrected chi connectivity index (χ1v) is 9.97. The van der Waals surface area contributed by atoms with Crippen molar-refractivity contribution < 1.29 is 0 Å². The van der Waals surface area contributed by atoms with Crippen molar-refractivity contribution in [1.29, 1.82) is 0 Å². The minimum Gasteiger partial charge on any atom is -0.354 e. The highest BCUT2D eigenvalue weighted by molar-refractivity contribution is 5.66. The van der Waals surface area contributed by atoms with Crippen LogP contribution < -0.4 is 10.2 Å². The van der Waals surface area contributed by atoms with Crippen molar-refractivity contribution in [1.82, 2.24) is 14.9 Å². The summed E-state index contributed by atoms with van der Waals surface area (Å²) in [5.41, 5.74) is 4.26. The normalized spacial score (nSPS) is 14.9. The lowest BCUT2D eigenvalue weighted by atomic mass is 10.1. The van der Waals surface area contributed by atoms with Crippen LogP contribution in [0, 0.1) is 6.92 Å². The van der Waals surface area contributed by atoms with Crippen LogP contribution in [0.15, 0.2) is 60.7 Å². The number of aromatic nitrogens is 2. The quantitative estimate of drug-likeness (QED) is 0.721. The second-order valence-electron chi connectivity index (χ2n) is 7.22. The van der Waals surface area contributed by atoms with Gasteiger partial charge in [0.2, 0.25) is 5.95 Å². The summed E-state index contributed by atoms with van der Waals surface area (Å²) in [4.78, 5) is 14.5. The molecule has 0 bridgehead atoms. The Morgan fingerprint density at radius 3 is 2.39 bits per heavy atom. The van der Waals surface area contributed by atoms with Gasteiger partial charge >= 0.3 is 0 Å². The topological polar surface area (TPSA) is 44.3 Å². The number of nitrogens with zero attached hydrogens (tertiary/aromatic N) is 4. The van der Waals surface area contributed by atoms with Crippen molar-refractivity contribution in [2.45, 2.75) is 13.8 Å². The fraction of sp³-hybridized carbons (Fsp3) is 0.304. The Bertz CT molecular complexity index is 917. The van der Waals surface area contributed by atoms with Crippen molar-refractivity contribution >= 4 is 17.5 Å². The maximum atomic E-state index is 4.84. The summed E-state index contributed by atoms with van der Waals surface area (Å²) in [5, 5.41) is 3.40. The smallest absolute Gasteiger partial charge is 0.229 e. The Hall–Kier alpha value is -2.92. The van der Waals surface area contributed by atoms with E-state index in [1.165, 1.54) is 5.56 Å². The van der Waals surface area contributed by atoms with Gasteiger partial charge in [0.1, 0.15) is 5.82 Å². The molecule has 1 aliphatic heterocycles. The molecule has 0 amide bonds. The van der Waals surface area contributed by atoms with Gasteiger partial charge in [-0.05, 0) is 31.2 Å². The predicted molar refractivity (Wildman–Crippen MR) is 116 cm³/mol. The van der Waals surface area contributed by atoms with E-state index in [-0.39, 0.29) is 0 Å². The molecule has 1 aliphatic rings. The zero-order valence-electron chi connectivity index (χ0n) is 16.6. The highest BCUT2D eigenvalue weighted by Gasteiger charge is 2.18. The molecule has 1 saturated heterocycles. The molecule has 3 aromatic rings. The molecular formula is C23H27N5. The summed E-state index contributed by atoms with van der Waals surface area (Å²) >= 11 is 0. The summed E-state index contributed by atoms with van der Waals surface area (Å²) < 4.78 is 0. The molecule has 2 aromatic carbocycles. The number of benzene rings is 2. The van der Waals surface area contributed by atoms with Crippen LogP contribution in [-0.2, 0) is 0 Å². The third kappa shape index (κ3) is 4.31. The monoisotopic (exact) mass is 373 g/mol. The van der Waals surface area contributed by atoms with Crippen molar-refractivity contribution in [2.75, 3.05) is 42.9 Å². The largest absolute Gasteiger partial charge is 0.354 e. The maximum Gasteiger partial charge on any atom is 0.229 e. The molecule has 5 nitrogen and oxygen atoms in total. The first-order chi connectivity index (χ1) is 13.7. The van der Waals surface area contributed by atoms with Gasteiger partial charge < -0.3 is 15.1 Å². The van der Waals surface area contributed by atoms with E-state index >= 15 is 0 Å². The Morgan fingerprint density at radius 1 is 0.893 bits per heavy atom. The third-order valence-electron chi connectivity index (χ3n) is 5.20. The van der Waals surface area contributed by atoms with Gasteiger partial charge in [-0.1, -0.05) is 49.4 Å². The number of likely N-dealkylation sites (N-methyl/N-ethyl adjacent to an activating group) is 1. The highest BCUT2D eigenvalue weighted by Crippen LogP contribution is 2.26. The molecule has 0 spiro atoms. The van der Waals surface area contributed by atoms with Gasteiger partial charge in [0.15, 0.2) is 0 Å². The zero-order valence-corrected chi connectivity index (χ0v) is 16.6. The van der Waals surface area contributed by atoms with E-state index in [1.807, 2.05) is 30.3 Å². The van der Waals surface area contributed by atoms with E-state index in [1.54, 1.807) is 0 Å². The average Bonchev–Trinajstić information content (AvgIpc) is 2.74. The fourth-order valence-electron chi connectivity index (χ4n) is 3.55. The van der Waals surface area contributed by atoms with Gasteiger partial charge in [0, 0.05) is 43.5 Å². The van der Waals surface area contributed by atoms with Crippen LogP contribution >= 0.6 is 0 Å². The molecule has 1 aromatic heterocycles. The number of hydrogen-bond donors (Lipinski definition) is 1. The van der Waals surface area contributed by atoms with E-state index in [0.717, 1.165) is 55.5 Å². The van der Waals surface area contributed by atoms with Gasteiger partial charge in [-0.3, -0.25) is 0 Å². The van der Waals surface area contributed by atoms with E-state index in [2.05, 4.69) is 59.3 Å². The number of hydrogen-bond acceptors (Lipinski definition) is 5. The minimum absolute atomic E-state index is 0.639. The molecule has 144 valence electrons. The molecule has 2 heterocycles. The van der Waals surface area contributed by atoms with Crippen molar-refractivity contribution in [3.8, 4) is 11.3 Å². The molecule has 5 heteroatoms. The van der Waals surface area contributed by atoms with Crippen LogP contribution in [0.3, 0.4) is 0 Å². The van der Waals surface area contributed by atoms with Crippen LogP contribution in [0.5, 0.6) is 0 Å². The number of nitrogens with one attached hydrogen (secondary N) is 1. The summed E-state index contributed by atoms with van der Waals surface area (Å²) in [6, 6.07) is 20.7. The standard InChI is InChI=1S/C23H27N5/c1-3-27-12-14-28(15-13-27)22-17-21(19-9-5-4-6-10-19)25-23(26-22)24-20-11-7-8-18(2)16-20/h4-11,16-17H,3,12-15H2,1-2H3,(H,24,25,26). The molecule has 1 fully saturated rings. The highest BCUT2D eigenvalue weighted by atomic mass is 15.3. The van der Waals surface area contributed by atoms with Gasteiger partial charge in [-0.25, -0.2) is 4.98 Å². The summed E-state index contributed by atoms with van der Waals surface area (Å²) in [6.07, 6.45) is 0. The van der Waals surface area contributed by atoms with E-state index in [9.17, 15) is 0 Å². The van der Waals surface area contributed by atoms with Crippen molar-refractivity contribution in [2.24, 2.45) is 0 Å². The van der Waals surface area contributed by atoms with E-state index in [0.29, 0.717) is 5.95 Å². The fourth-order valence-corrected chi connectivity index (χ4v) is 3.55. The van der Waals surface area contributed by atoms with Crippen LogP contribution in [0.2, 0.25) is 0 Å². The summed E-state index contributed by atoms with van der Waals surface area (Å²) in [5.74, 6) is 1.62. The second-order valence-corrected chi connectivity index (χ2v) is 7.22. The number of rotatable bonds is 5. The third-order valence-corrected chi connectivity index (χ3v) is 5.20. The van der Waals surface area contributed by atoms with Crippen molar-refractivity contribution in [3.63, 3.8) is 0 Å². The van der Waals surface area contributed by atoms with Gasteiger partial charge in [0.25, 0.3) is 0 Å². The van der Waals surface area contributed by atoms with Gasteiger partial charge in [-0.2, -0.15) is 4.98 Å². The molecule has 4 rings (SSSR count). The molecule has 28 heavy (non-hydrogen) atoms. The Balaban J connectivity index is 1.67. The predicted octanol–water partition coefficient (Wildman–Crippen LogP) is 4.34. The summed E-state index contributed by atoms with van der Waals surface area (Å²) in [6.45, 7) is 9.53. The molecule has 0 radical (unpaired) electrons. The van der Waals surface area contributed by atoms with Crippen LogP contribution in [0.25, 0.3) is 11.3 Å². The van der Waals surface area contributed by atoms with Crippen LogP contribution in [0.4, 0.5) is 17.5 Å². The summed E-state index contributed by atoms with van der Waals surface area (Å²) in [7, 11) is 0. The first kappa shape index (κ1) is 18.4. The van der Waals surface area contributed by atoms with Crippen LogP contribution in [0.1, 0.15) is 12.5 Å². The Morgan fingerprint density at radius 2 is 1.68 bits per heavy atom. The van der Waals surface area contributed by atoms with Crippen LogP contribution in [-0.4, -0.2) is 47.6 Å². The second kappa shape index (κ2) is 8.40. The average molecular weight is 374 g/mol. The zero-order chi connectivity index (χ0) is 19.3. The lowest BCUT2D eigenvalue weighted by molar-refractivity contribution is 0.270. The number of anilines is 3. The van der Waals surface area contributed by atoms with E-state index < -0.39 is 0 Å². The maximum absolute atomic E-state index is 4.84. The number of aryl methyl sites for hydroxylation is 1. The Labute approximate surface area is 167 Å². The lowest BCUT2D eigenvalue weighted by Gasteiger charge is -2.35. The molecule has 1 N–H and O–H groups in total. The van der Waals surface area contributed by atoms with Crippen molar-refractivity contribution in [3.05, 3.63) is 66.2 Å². The first-order valence-electron chi connectivity index (χ1n) is 9.97. The molecule has 0 atom stereocenters. The molecule has 0 unspecified atom stereocenters.